The van der Waals surface area contributed by atoms with Gasteiger partial charge in [0.05, 0.1) is 6.10 Å². The van der Waals surface area contributed by atoms with Crippen molar-refractivity contribution in [2.24, 2.45) is 0 Å². The maximum absolute atomic E-state index is 9.36. The molecule has 0 amide bonds. The Bertz CT molecular complexity index is 95.1. The van der Waals surface area contributed by atoms with Crippen LogP contribution in [0.4, 0.5) is 0 Å². The van der Waals surface area contributed by atoms with Crippen molar-refractivity contribution in [2.75, 3.05) is 0 Å². The van der Waals surface area contributed by atoms with E-state index in [1.54, 1.807) is 0 Å². The van der Waals surface area contributed by atoms with E-state index in [4.69, 9.17) is 4.74 Å². The van der Waals surface area contributed by atoms with Gasteiger partial charge in [0.1, 0.15) is 0 Å². The van der Waals surface area contributed by atoms with Crippen molar-refractivity contribution in [2.45, 2.75) is 45.0 Å². The lowest BCUT2D eigenvalue weighted by Gasteiger charge is -2.37. The topological polar surface area (TPSA) is 29.5 Å². The van der Waals surface area contributed by atoms with E-state index in [9.17, 15) is 5.11 Å². The highest BCUT2D eigenvalue weighted by Crippen LogP contribution is 2.33. The summed E-state index contributed by atoms with van der Waals surface area (Å²) in [5.74, 6) is -0.756. The van der Waals surface area contributed by atoms with Gasteiger partial charge < -0.3 is 9.84 Å². The monoisotopic (exact) mass is 130 g/mol. The molecular weight excluding hydrogens is 116 g/mol. The molecule has 9 heavy (non-hydrogen) atoms. The Morgan fingerprint density at radius 2 is 2.00 bits per heavy atom. The van der Waals surface area contributed by atoms with E-state index in [2.05, 4.69) is 0 Å². The molecule has 0 unspecified atom stereocenters. The molecule has 2 nitrogen and oxygen atoms in total. The summed E-state index contributed by atoms with van der Waals surface area (Å²) < 4.78 is 5.23. The summed E-state index contributed by atoms with van der Waals surface area (Å²) in [7, 11) is 0. The molecule has 2 heteroatoms. The number of ether oxygens (including phenoxy) is 1. The molecule has 1 aliphatic rings. The Balaban J connectivity index is 2.24. The van der Waals surface area contributed by atoms with Crippen molar-refractivity contribution in [3.63, 3.8) is 0 Å². The Kier molecular flexibility index (Phi) is 1.78. The highest BCUT2D eigenvalue weighted by Gasteiger charge is 2.35. The van der Waals surface area contributed by atoms with Gasteiger partial charge >= 0.3 is 0 Å². The minimum Gasteiger partial charge on any atom is -0.365 e. The van der Waals surface area contributed by atoms with Crippen LogP contribution in [0.5, 0.6) is 0 Å². The van der Waals surface area contributed by atoms with Crippen molar-refractivity contribution < 1.29 is 9.84 Å². The molecule has 54 valence electrons. The zero-order valence-electron chi connectivity index (χ0n) is 6.05. The van der Waals surface area contributed by atoms with E-state index in [1.165, 1.54) is 0 Å². The molecule has 0 bridgehead atoms. The van der Waals surface area contributed by atoms with Gasteiger partial charge in [-0.25, -0.2) is 0 Å². The van der Waals surface area contributed by atoms with E-state index in [0.29, 0.717) is 0 Å². The predicted octanol–water partition coefficient (Wildman–Crippen LogP) is 1.28. The van der Waals surface area contributed by atoms with E-state index in [-0.39, 0.29) is 6.10 Å². The second kappa shape index (κ2) is 2.27. The summed E-state index contributed by atoms with van der Waals surface area (Å²) in [5.41, 5.74) is 0. The van der Waals surface area contributed by atoms with Gasteiger partial charge in [-0.2, -0.15) is 0 Å². The minimum atomic E-state index is -0.756. The maximum Gasteiger partial charge on any atom is 0.165 e. The summed E-state index contributed by atoms with van der Waals surface area (Å²) in [6.45, 7) is 3.88. The van der Waals surface area contributed by atoms with Crippen LogP contribution in [0.1, 0.15) is 33.1 Å². The van der Waals surface area contributed by atoms with E-state index in [1.807, 2.05) is 13.8 Å². The lowest BCUT2D eigenvalue weighted by Crippen LogP contribution is -2.41. The molecule has 0 aromatic rings. The molecular formula is C7H14O2. The molecule has 0 spiro atoms. The second-order valence-electron chi connectivity index (χ2n) is 2.97. The van der Waals surface area contributed by atoms with Gasteiger partial charge in [-0.3, -0.25) is 0 Å². The Hall–Kier alpha value is -0.0800. The third-order valence-electron chi connectivity index (χ3n) is 1.59. The number of hydrogen-bond acceptors (Lipinski definition) is 2. The van der Waals surface area contributed by atoms with E-state index < -0.39 is 5.79 Å². The fourth-order valence-electron chi connectivity index (χ4n) is 1.04. The van der Waals surface area contributed by atoms with E-state index >= 15 is 0 Å². The lowest BCUT2D eigenvalue weighted by atomic mass is 9.91. The first-order chi connectivity index (χ1) is 4.12. The van der Waals surface area contributed by atoms with Crippen LogP contribution in [-0.2, 0) is 4.74 Å². The third kappa shape index (κ3) is 1.66. The Labute approximate surface area is 55.8 Å². The lowest BCUT2D eigenvalue weighted by molar-refractivity contribution is -0.263. The number of hydrogen-bond donors (Lipinski definition) is 1. The van der Waals surface area contributed by atoms with Gasteiger partial charge in [0.2, 0.25) is 0 Å². The summed E-state index contributed by atoms with van der Waals surface area (Å²) >= 11 is 0. The van der Waals surface area contributed by atoms with Gasteiger partial charge in [0.15, 0.2) is 5.79 Å². The number of rotatable bonds is 2. The predicted molar refractivity (Wildman–Crippen MR) is 35.0 cm³/mol. The largest absolute Gasteiger partial charge is 0.365 e. The van der Waals surface area contributed by atoms with Gasteiger partial charge in [-0.1, -0.05) is 0 Å². The Morgan fingerprint density at radius 3 is 2.11 bits per heavy atom. The Morgan fingerprint density at radius 1 is 1.44 bits per heavy atom. The molecule has 1 saturated carbocycles. The quantitative estimate of drug-likeness (QED) is 0.571. The highest BCUT2D eigenvalue weighted by atomic mass is 16.6. The average molecular weight is 130 g/mol. The highest BCUT2D eigenvalue weighted by molar-refractivity contribution is 4.78. The van der Waals surface area contributed by atoms with Crippen LogP contribution < -0.4 is 0 Å². The van der Waals surface area contributed by atoms with Crippen molar-refractivity contribution in [1.29, 1.82) is 0 Å². The molecule has 0 heterocycles. The van der Waals surface area contributed by atoms with Crippen LogP contribution in [0, 0.1) is 0 Å². The molecule has 0 aliphatic heterocycles. The van der Waals surface area contributed by atoms with Crippen molar-refractivity contribution in [3.05, 3.63) is 0 Å². The fourth-order valence-corrected chi connectivity index (χ4v) is 1.04. The molecule has 1 aliphatic carbocycles. The summed E-state index contributed by atoms with van der Waals surface area (Å²) in [6, 6.07) is 0. The van der Waals surface area contributed by atoms with Gasteiger partial charge in [0, 0.05) is 12.8 Å². The first-order valence-electron chi connectivity index (χ1n) is 3.53. The maximum atomic E-state index is 9.36. The molecule has 1 rings (SSSR count). The zero-order chi connectivity index (χ0) is 6.91. The molecule has 0 saturated heterocycles. The van der Waals surface area contributed by atoms with Crippen LogP contribution in [0.15, 0.2) is 0 Å². The van der Waals surface area contributed by atoms with Crippen LogP contribution in [-0.4, -0.2) is 17.0 Å². The first-order valence-corrected chi connectivity index (χ1v) is 3.53. The first kappa shape index (κ1) is 7.03. The summed E-state index contributed by atoms with van der Waals surface area (Å²) in [6.07, 6.45) is 2.87. The number of aliphatic hydroxyl groups is 1. The van der Waals surface area contributed by atoms with Crippen LogP contribution in [0.25, 0.3) is 0 Å². The second-order valence-corrected chi connectivity index (χ2v) is 2.97. The smallest absolute Gasteiger partial charge is 0.165 e. The normalized spacial score (nSPS) is 24.0. The SMILES string of the molecule is CC(C)OC1(O)CCC1. The van der Waals surface area contributed by atoms with Crippen LogP contribution >= 0.6 is 0 Å². The van der Waals surface area contributed by atoms with Gasteiger partial charge in [-0.15, -0.1) is 0 Å². The molecule has 0 atom stereocenters. The van der Waals surface area contributed by atoms with Crippen molar-refractivity contribution in [3.8, 4) is 0 Å². The molecule has 0 radical (unpaired) electrons. The third-order valence-corrected chi connectivity index (χ3v) is 1.59. The van der Waals surface area contributed by atoms with E-state index in [0.717, 1.165) is 19.3 Å². The minimum absolute atomic E-state index is 0.148. The summed E-state index contributed by atoms with van der Waals surface area (Å²) in [5, 5.41) is 9.36. The van der Waals surface area contributed by atoms with Crippen LogP contribution in [0.3, 0.4) is 0 Å². The molecule has 1 fully saturated rings. The van der Waals surface area contributed by atoms with Crippen LogP contribution in [0.2, 0.25) is 0 Å². The molecule has 0 aromatic heterocycles. The zero-order valence-corrected chi connectivity index (χ0v) is 6.05. The molecule has 1 N–H and O–H groups in total. The van der Waals surface area contributed by atoms with Crippen molar-refractivity contribution >= 4 is 0 Å². The fraction of sp³-hybridized carbons (Fsp3) is 1.00. The van der Waals surface area contributed by atoms with Crippen molar-refractivity contribution in [1.82, 2.24) is 0 Å². The summed E-state index contributed by atoms with van der Waals surface area (Å²) in [4.78, 5) is 0. The standard InChI is InChI=1S/C7H14O2/c1-6(2)9-7(8)4-3-5-7/h6,8H,3-5H2,1-2H3. The average Bonchev–Trinajstić information content (AvgIpc) is 1.60. The van der Waals surface area contributed by atoms with Gasteiger partial charge in [0.25, 0.3) is 0 Å². The van der Waals surface area contributed by atoms with Gasteiger partial charge in [-0.05, 0) is 20.3 Å². The molecule has 0 aromatic carbocycles.